The molecular formula is C9H9ClF2O. The molecule has 1 aromatic rings. The first-order chi connectivity index (χ1) is 5.82. The van der Waals surface area contributed by atoms with Gasteiger partial charge < -0.3 is 5.11 Å². The summed E-state index contributed by atoms with van der Waals surface area (Å²) in [5, 5.41) is 8.90. The zero-order chi connectivity index (χ0) is 10.2. The highest BCUT2D eigenvalue weighted by Gasteiger charge is 2.19. The van der Waals surface area contributed by atoms with Crippen LogP contribution in [0.2, 0.25) is 5.02 Å². The highest BCUT2D eigenvalue weighted by Crippen LogP contribution is 2.26. The van der Waals surface area contributed by atoms with Crippen LogP contribution in [0.3, 0.4) is 0 Å². The van der Waals surface area contributed by atoms with Crippen molar-refractivity contribution in [1.82, 2.24) is 0 Å². The summed E-state index contributed by atoms with van der Waals surface area (Å²) in [5.74, 6) is -1.72. The predicted octanol–water partition coefficient (Wildman–Crippen LogP) is 2.85. The number of hydrogen-bond acceptors (Lipinski definition) is 1. The fraction of sp³-hybridized carbons (Fsp3) is 0.333. The maximum absolute atomic E-state index is 12.9. The molecule has 72 valence electrons. The summed E-state index contributed by atoms with van der Waals surface area (Å²) in [6.45, 7) is 2.88. The highest BCUT2D eigenvalue weighted by molar-refractivity contribution is 6.30. The maximum atomic E-state index is 12.9. The Labute approximate surface area is 80.0 Å². The van der Waals surface area contributed by atoms with Crippen LogP contribution in [0.1, 0.15) is 19.4 Å². The normalized spacial score (nSPS) is 11.8. The smallest absolute Gasteiger partial charge is 0.145 e. The average Bonchev–Trinajstić information content (AvgIpc) is 1.97. The number of rotatable bonds is 1. The van der Waals surface area contributed by atoms with E-state index in [9.17, 15) is 13.9 Å². The van der Waals surface area contributed by atoms with Crippen molar-refractivity contribution in [1.29, 1.82) is 0 Å². The Hall–Kier alpha value is -0.670. The standard InChI is InChI=1S/C9H9ClF2O/c1-9(2,13)5-3-6(11)8(10)7(12)4-5/h3-4,13H,1-2H3. The number of hydrogen-bond donors (Lipinski definition) is 1. The quantitative estimate of drug-likeness (QED) is 0.701. The maximum Gasteiger partial charge on any atom is 0.145 e. The topological polar surface area (TPSA) is 20.2 Å². The van der Waals surface area contributed by atoms with Crippen LogP contribution < -0.4 is 0 Å². The Bertz CT molecular complexity index is 308. The molecule has 0 aliphatic carbocycles. The fourth-order valence-corrected chi connectivity index (χ4v) is 1.02. The summed E-state index contributed by atoms with van der Waals surface area (Å²) in [7, 11) is 0. The first-order valence-corrected chi connectivity index (χ1v) is 4.07. The summed E-state index contributed by atoms with van der Waals surface area (Å²) in [5.41, 5.74) is -1.11. The van der Waals surface area contributed by atoms with Crippen LogP contribution in [0.25, 0.3) is 0 Å². The third-order valence-corrected chi connectivity index (χ3v) is 2.05. The van der Waals surface area contributed by atoms with E-state index in [1.165, 1.54) is 13.8 Å². The lowest BCUT2D eigenvalue weighted by Crippen LogP contribution is -2.16. The molecular weight excluding hydrogens is 198 g/mol. The molecule has 0 aliphatic heterocycles. The third kappa shape index (κ3) is 2.17. The minimum absolute atomic E-state index is 0.159. The first kappa shape index (κ1) is 10.4. The van der Waals surface area contributed by atoms with Crippen molar-refractivity contribution in [3.8, 4) is 0 Å². The molecule has 0 bridgehead atoms. The van der Waals surface area contributed by atoms with Crippen molar-refractivity contribution >= 4 is 11.6 Å². The minimum atomic E-state index is -1.27. The lowest BCUT2D eigenvalue weighted by atomic mass is 9.98. The van der Waals surface area contributed by atoms with Gasteiger partial charge in [0.1, 0.15) is 16.7 Å². The second-order valence-corrected chi connectivity index (χ2v) is 3.69. The zero-order valence-electron chi connectivity index (χ0n) is 7.24. The van der Waals surface area contributed by atoms with Gasteiger partial charge in [-0.1, -0.05) is 11.6 Å². The van der Waals surface area contributed by atoms with Gasteiger partial charge in [-0.15, -0.1) is 0 Å². The Balaban J connectivity index is 3.29. The molecule has 0 spiro atoms. The molecule has 4 heteroatoms. The second-order valence-electron chi connectivity index (χ2n) is 3.31. The van der Waals surface area contributed by atoms with E-state index in [-0.39, 0.29) is 5.56 Å². The lowest BCUT2D eigenvalue weighted by Gasteiger charge is -2.18. The van der Waals surface area contributed by atoms with Gasteiger partial charge in [0.05, 0.1) is 5.60 Å². The molecule has 1 rings (SSSR count). The summed E-state index contributed by atoms with van der Waals surface area (Å²) in [4.78, 5) is 0. The average molecular weight is 207 g/mol. The molecule has 0 saturated carbocycles. The van der Waals surface area contributed by atoms with Gasteiger partial charge in [0.2, 0.25) is 0 Å². The van der Waals surface area contributed by atoms with Gasteiger partial charge in [0, 0.05) is 0 Å². The fourth-order valence-electron chi connectivity index (χ4n) is 0.909. The molecule has 0 fully saturated rings. The molecule has 13 heavy (non-hydrogen) atoms. The Kier molecular flexibility index (Phi) is 2.59. The summed E-state index contributed by atoms with van der Waals surface area (Å²) in [6, 6.07) is 2.04. The molecule has 0 radical (unpaired) electrons. The number of aliphatic hydroxyl groups is 1. The van der Waals surface area contributed by atoms with Crippen molar-refractivity contribution in [3.63, 3.8) is 0 Å². The van der Waals surface area contributed by atoms with Crippen molar-refractivity contribution < 1.29 is 13.9 Å². The monoisotopic (exact) mass is 206 g/mol. The summed E-state index contributed by atoms with van der Waals surface area (Å²) >= 11 is 5.27. The van der Waals surface area contributed by atoms with Gasteiger partial charge in [0.25, 0.3) is 0 Å². The molecule has 0 saturated heterocycles. The molecule has 1 nitrogen and oxygen atoms in total. The van der Waals surface area contributed by atoms with Crippen LogP contribution in [0.15, 0.2) is 12.1 Å². The lowest BCUT2D eigenvalue weighted by molar-refractivity contribution is 0.0778. The Morgan fingerprint density at radius 2 is 1.62 bits per heavy atom. The van der Waals surface area contributed by atoms with Gasteiger partial charge in [0.15, 0.2) is 0 Å². The predicted molar refractivity (Wildman–Crippen MR) is 46.6 cm³/mol. The van der Waals surface area contributed by atoms with E-state index in [1.54, 1.807) is 0 Å². The third-order valence-electron chi connectivity index (χ3n) is 1.69. The Morgan fingerprint density at radius 1 is 1.23 bits per heavy atom. The van der Waals surface area contributed by atoms with E-state index in [1.807, 2.05) is 0 Å². The van der Waals surface area contributed by atoms with Crippen LogP contribution in [0.5, 0.6) is 0 Å². The van der Waals surface area contributed by atoms with Gasteiger partial charge in [-0.05, 0) is 31.5 Å². The van der Waals surface area contributed by atoms with Crippen LogP contribution in [0, 0.1) is 11.6 Å². The van der Waals surface area contributed by atoms with Crippen LogP contribution in [-0.2, 0) is 5.60 Å². The molecule has 0 aliphatic rings. The zero-order valence-corrected chi connectivity index (χ0v) is 7.99. The van der Waals surface area contributed by atoms with Gasteiger partial charge in [-0.3, -0.25) is 0 Å². The van der Waals surface area contributed by atoms with E-state index < -0.39 is 22.3 Å². The molecule has 0 amide bonds. The first-order valence-electron chi connectivity index (χ1n) is 3.70. The Morgan fingerprint density at radius 3 is 1.92 bits per heavy atom. The molecule has 0 atom stereocenters. The van der Waals surface area contributed by atoms with Crippen molar-refractivity contribution in [3.05, 3.63) is 34.4 Å². The van der Waals surface area contributed by atoms with Crippen LogP contribution in [0.4, 0.5) is 8.78 Å². The number of halogens is 3. The number of benzene rings is 1. The van der Waals surface area contributed by atoms with E-state index in [0.29, 0.717) is 0 Å². The molecule has 0 heterocycles. The van der Waals surface area contributed by atoms with Gasteiger partial charge in [-0.2, -0.15) is 0 Å². The van der Waals surface area contributed by atoms with Crippen molar-refractivity contribution in [2.75, 3.05) is 0 Å². The van der Waals surface area contributed by atoms with Crippen molar-refractivity contribution in [2.45, 2.75) is 19.4 Å². The van der Waals surface area contributed by atoms with Crippen LogP contribution >= 0.6 is 11.6 Å². The highest BCUT2D eigenvalue weighted by atomic mass is 35.5. The van der Waals surface area contributed by atoms with Gasteiger partial charge >= 0.3 is 0 Å². The minimum Gasteiger partial charge on any atom is -0.386 e. The molecule has 0 aromatic heterocycles. The largest absolute Gasteiger partial charge is 0.386 e. The van der Waals surface area contributed by atoms with Crippen LogP contribution in [-0.4, -0.2) is 5.11 Å². The van der Waals surface area contributed by atoms with Crippen molar-refractivity contribution in [2.24, 2.45) is 0 Å². The summed E-state index contributed by atoms with van der Waals surface area (Å²) < 4.78 is 25.8. The SMILES string of the molecule is CC(C)(O)c1cc(F)c(Cl)c(F)c1. The second kappa shape index (κ2) is 3.24. The van der Waals surface area contributed by atoms with E-state index >= 15 is 0 Å². The molecule has 0 unspecified atom stereocenters. The van der Waals surface area contributed by atoms with Gasteiger partial charge in [-0.25, -0.2) is 8.78 Å². The molecule has 1 aromatic carbocycles. The summed E-state index contributed by atoms with van der Waals surface area (Å²) in [6.07, 6.45) is 0. The van der Waals surface area contributed by atoms with E-state index in [4.69, 9.17) is 11.6 Å². The van der Waals surface area contributed by atoms with E-state index in [0.717, 1.165) is 12.1 Å². The van der Waals surface area contributed by atoms with E-state index in [2.05, 4.69) is 0 Å². The molecule has 1 N–H and O–H groups in total.